The fraction of sp³-hybridized carbons (Fsp3) is 0.333. The number of non-ortho nitro benzene ring substituents is 1. The number of nitro groups is 1. The molecule has 1 aromatic rings. The molecule has 0 bridgehead atoms. The molecule has 0 spiro atoms. The summed E-state index contributed by atoms with van der Waals surface area (Å²) in [5, 5.41) is 19.7. The van der Waals surface area contributed by atoms with Crippen LogP contribution in [0.3, 0.4) is 0 Å². The molecule has 1 aromatic carbocycles. The Labute approximate surface area is 127 Å². The summed E-state index contributed by atoms with van der Waals surface area (Å²) in [4.78, 5) is 34.7. The molecule has 116 valence electrons. The highest BCUT2D eigenvalue weighted by Gasteiger charge is 2.27. The first-order valence-electron chi connectivity index (χ1n) is 6.91. The van der Waals surface area contributed by atoms with Crippen molar-refractivity contribution in [2.75, 3.05) is 13.1 Å². The molecule has 7 heteroatoms. The van der Waals surface area contributed by atoms with Crippen LogP contribution in [0.1, 0.15) is 18.4 Å². The minimum Gasteiger partial charge on any atom is -0.481 e. The van der Waals surface area contributed by atoms with Gasteiger partial charge >= 0.3 is 5.97 Å². The van der Waals surface area contributed by atoms with Crippen LogP contribution in [-0.4, -0.2) is 39.9 Å². The lowest BCUT2D eigenvalue weighted by molar-refractivity contribution is -0.384. The largest absolute Gasteiger partial charge is 0.481 e. The summed E-state index contributed by atoms with van der Waals surface area (Å²) < 4.78 is 0. The predicted octanol–water partition coefficient (Wildman–Crippen LogP) is 1.93. The number of carboxylic acid groups (broad SMARTS) is 1. The molecule has 1 saturated heterocycles. The van der Waals surface area contributed by atoms with Crippen LogP contribution in [0.2, 0.25) is 0 Å². The van der Waals surface area contributed by atoms with Gasteiger partial charge in [-0.1, -0.05) is 12.1 Å². The van der Waals surface area contributed by atoms with Crippen LogP contribution in [0.4, 0.5) is 5.69 Å². The second kappa shape index (κ2) is 6.84. The van der Waals surface area contributed by atoms with Crippen LogP contribution >= 0.6 is 0 Å². The van der Waals surface area contributed by atoms with Crippen LogP contribution in [0.5, 0.6) is 0 Å². The number of carboxylic acids is 1. The fourth-order valence-electron chi connectivity index (χ4n) is 2.39. The normalized spacial score (nSPS) is 18.4. The third-order valence-corrected chi connectivity index (χ3v) is 3.58. The van der Waals surface area contributed by atoms with Gasteiger partial charge in [0.05, 0.1) is 10.8 Å². The van der Waals surface area contributed by atoms with E-state index in [0.29, 0.717) is 24.9 Å². The van der Waals surface area contributed by atoms with E-state index >= 15 is 0 Å². The smallest absolute Gasteiger partial charge is 0.308 e. The van der Waals surface area contributed by atoms with Gasteiger partial charge in [0.25, 0.3) is 5.69 Å². The maximum atomic E-state index is 12.1. The van der Waals surface area contributed by atoms with Gasteiger partial charge in [-0.25, -0.2) is 0 Å². The van der Waals surface area contributed by atoms with Crippen molar-refractivity contribution >= 4 is 23.6 Å². The molecule has 0 radical (unpaired) electrons. The van der Waals surface area contributed by atoms with Gasteiger partial charge in [-0.2, -0.15) is 0 Å². The van der Waals surface area contributed by atoms with Crippen molar-refractivity contribution in [1.29, 1.82) is 0 Å². The third kappa shape index (κ3) is 3.91. The topological polar surface area (TPSA) is 101 Å². The van der Waals surface area contributed by atoms with Crippen LogP contribution in [0.15, 0.2) is 30.3 Å². The first kappa shape index (κ1) is 15.7. The number of hydrogen-bond acceptors (Lipinski definition) is 4. The number of carbonyl (C=O) groups excluding carboxylic acids is 1. The SMILES string of the molecule is O=C(O)[C@@H]1CCCN(C(=O)/C=C/c2cccc([N+](=O)[O-])c2)C1. The number of rotatable bonds is 4. The molecule has 0 aliphatic carbocycles. The van der Waals surface area contributed by atoms with E-state index in [1.807, 2.05) is 0 Å². The molecular formula is C15H16N2O5. The van der Waals surface area contributed by atoms with Crippen molar-refractivity contribution in [3.8, 4) is 0 Å². The van der Waals surface area contributed by atoms with Crippen LogP contribution < -0.4 is 0 Å². The van der Waals surface area contributed by atoms with Gasteiger partial charge in [0.1, 0.15) is 0 Å². The van der Waals surface area contributed by atoms with E-state index in [2.05, 4.69) is 0 Å². The Kier molecular flexibility index (Phi) is 4.88. The standard InChI is InChI=1S/C15H16N2O5/c18-14(16-8-2-4-12(10-16)15(19)20)7-6-11-3-1-5-13(9-11)17(21)22/h1,3,5-7,9,12H,2,4,8,10H2,(H,19,20)/b7-6+/t12-/m1/s1. The Morgan fingerprint density at radius 3 is 2.86 bits per heavy atom. The molecule has 1 fully saturated rings. The number of nitrogens with zero attached hydrogens (tertiary/aromatic N) is 2. The highest BCUT2D eigenvalue weighted by molar-refractivity contribution is 5.92. The van der Waals surface area contributed by atoms with Crippen molar-refractivity contribution in [3.05, 3.63) is 46.0 Å². The Bertz CT molecular complexity index is 626. The molecule has 7 nitrogen and oxygen atoms in total. The monoisotopic (exact) mass is 304 g/mol. The molecular weight excluding hydrogens is 288 g/mol. The van der Waals surface area contributed by atoms with E-state index in [1.165, 1.54) is 29.2 Å². The molecule has 0 unspecified atom stereocenters. The summed E-state index contributed by atoms with van der Waals surface area (Å²) in [7, 11) is 0. The van der Waals surface area contributed by atoms with Crippen LogP contribution in [-0.2, 0) is 9.59 Å². The Morgan fingerprint density at radius 2 is 2.18 bits per heavy atom. The zero-order chi connectivity index (χ0) is 16.1. The Hall–Kier alpha value is -2.70. The Morgan fingerprint density at radius 1 is 1.41 bits per heavy atom. The summed E-state index contributed by atoms with van der Waals surface area (Å²) in [6.07, 6.45) is 4.06. The number of amides is 1. The van der Waals surface area contributed by atoms with Crippen molar-refractivity contribution in [2.24, 2.45) is 5.92 Å². The average molecular weight is 304 g/mol. The molecule has 1 amide bonds. The lowest BCUT2D eigenvalue weighted by Crippen LogP contribution is -2.41. The summed E-state index contributed by atoms with van der Waals surface area (Å²) >= 11 is 0. The van der Waals surface area contributed by atoms with E-state index in [-0.39, 0.29) is 18.1 Å². The van der Waals surface area contributed by atoms with Crippen molar-refractivity contribution < 1.29 is 19.6 Å². The quantitative estimate of drug-likeness (QED) is 0.520. The van der Waals surface area contributed by atoms with Gasteiger partial charge < -0.3 is 10.0 Å². The van der Waals surface area contributed by atoms with E-state index in [0.717, 1.165) is 0 Å². The average Bonchev–Trinajstić information content (AvgIpc) is 2.53. The lowest BCUT2D eigenvalue weighted by Gasteiger charge is -2.29. The minimum atomic E-state index is -0.889. The van der Waals surface area contributed by atoms with Gasteiger partial charge in [-0.3, -0.25) is 19.7 Å². The van der Waals surface area contributed by atoms with E-state index in [4.69, 9.17) is 5.11 Å². The second-order valence-electron chi connectivity index (χ2n) is 5.15. The summed E-state index contributed by atoms with van der Waals surface area (Å²) in [6.45, 7) is 0.731. The number of likely N-dealkylation sites (tertiary alicyclic amines) is 1. The number of aliphatic carboxylic acids is 1. The summed E-state index contributed by atoms with van der Waals surface area (Å²) in [5.74, 6) is -1.69. The Balaban J connectivity index is 2.03. The third-order valence-electron chi connectivity index (χ3n) is 3.58. The molecule has 1 aliphatic rings. The van der Waals surface area contributed by atoms with Gasteiger partial charge in [0, 0.05) is 31.3 Å². The highest BCUT2D eigenvalue weighted by atomic mass is 16.6. The molecule has 1 aliphatic heterocycles. The van der Waals surface area contributed by atoms with Crippen molar-refractivity contribution in [1.82, 2.24) is 4.90 Å². The van der Waals surface area contributed by atoms with Gasteiger partial charge in [0.2, 0.25) is 5.91 Å². The zero-order valence-electron chi connectivity index (χ0n) is 11.8. The first-order chi connectivity index (χ1) is 10.5. The van der Waals surface area contributed by atoms with E-state index in [9.17, 15) is 19.7 Å². The van der Waals surface area contributed by atoms with Crippen molar-refractivity contribution in [2.45, 2.75) is 12.8 Å². The molecule has 1 N–H and O–H groups in total. The molecule has 22 heavy (non-hydrogen) atoms. The molecule has 0 aromatic heterocycles. The number of benzene rings is 1. The van der Waals surface area contributed by atoms with Crippen LogP contribution in [0, 0.1) is 16.0 Å². The lowest BCUT2D eigenvalue weighted by atomic mass is 9.98. The maximum absolute atomic E-state index is 12.1. The summed E-state index contributed by atoms with van der Waals surface area (Å²) in [5.41, 5.74) is 0.507. The summed E-state index contributed by atoms with van der Waals surface area (Å²) in [6, 6.07) is 5.96. The molecule has 1 heterocycles. The fourth-order valence-corrected chi connectivity index (χ4v) is 2.39. The van der Waals surface area contributed by atoms with Crippen LogP contribution in [0.25, 0.3) is 6.08 Å². The van der Waals surface area contributed by atoms with E-state index < -0.39 is 16.8 Å². The van der Waals surface area contributed by atoms with Gasteiger partial charge in [-0.05, 0) is 24.5 Å². The van der Waals surface area contributed by atoms with Crippen molar-refractivity contribution in [3.63, 3.8) is 0 Å². The zero-order valence-corrected chi connectivity index (χ0v) is 11.8. The van der Waals surface area contributed by atoms with E-state index in [1.54, 1.807) is 12.1 Å². The number of carbonyl (C=O) groups is 2. The number of piperidine rings is 1. The molecule has 1 atom stereocenters. The van der Waals surface area contributed by atoms with Gasteiger partial charge in [0.15, 0.2) is 0 Å². The molecule has 2 rings (SSSR count). The number of nitro benzene ring substituents is 1. The first-order valence-corrected chi connectivity index (χ1v) is 6.91. The minimum absolute atomic E-state index is 0.0430. The second-order valence-corrected chi connectivity index (χ2v) is 5.15. The number of hydrogen-bond donors (Lipinski definition) is 1. The predicted molar refractivity (Wildman–Crippen MR) is 79.1 cm³/mol. The highest BCUT2D eigenvalue weighted by Crippen LogP contribution is 2.18. The van der Waals surface area contributed by atoms with Gasteiger partial charge in [-0.15, -0.1) is 0 Å². The maximum Gasteiger partial charge on any atom is 0.308 e. The molecule has 0 saturated carbocycles.